The highest BCUT2D eigenvalue weighted by atomic mass is 16.5. The van der Waals surface area contributed by atoms with Crippen LogP contribution in [0.3, 0.4) is 0 Å². The summed E-state index contributed by atoms with van der Waals surface area (Å²) >= 11 is 0. The zero-order valence-corrected chi connectivity index (χ0v) is 17.6. The van der Waals surface area contributed by atoms with Crippen LogP contribution in [0.5, 0.6) is 5.75 Å². The van der Waals surface area contributed by atoms with Crippen molar-refractivity contribution in [1.82, 2.24) is 24.6 Å². The maximum Gasteiger partial charge on any atom is 0.266 e. The van der Waals surface area contributed by atoms with Gasteiger partial charge < -0.3 is 14.6 Å². The summed E-state index contributed by atoms with van der Waals surface area (Å²) in [5, 5.41) is 7.26. The quantitative estimate of drug-likeness (QED) is 0.465. The van der Waals surface area contributed by atoms with Gasteiger partial charge in [-0.3, -0.25) is 9.59 Å². The Hall–Kier alpha value is -4.20. The molecule has 2 aromatic heterocycles. The lowest BCUT2D eigenvalue weighted by atomic mass is 10.1. The van der Waals surface area contributed by atoms with E-state index in [1.54, 1.807) is 37.8 Å². The molecule has 32 heavy (non-hydrogen) atoms. The van der Waals surface area contributed by atoms with Gasteiger partial charge >= 0.3 is 0 Å². The summed E-state index contributed by atoms with van der Waals surface area (Å²) < 4.78 is 8.48. The Morgan fingerprint density at radius 1 is 1.03 bits per heavy atom. The molecule has 2 heterocycles. The topological polar surface area (TPSA) is 91.0 Å². The molecule has 0 aliphatic carbocycles. The van der Waals surface area contributed by atoms with Gasteiger partial charge in [-0.1, -0.05) is 12.1 Å². The molecule has 162 valence electrons. The fraction of sp³-hybridized carbons (Fsp3) is 0.167. The van der Waals surface area contributed by atoms with E-state index in [2.05, 4.69) is 15.4 Å². The molecule has 8 nitrogen and oxygen atoms in total. The van der Waals surface area contributed by atoms with Crippen molar-refractivity contribution in [3.63, 3.8) is 0 Å². The third kappa shape index (κ3) is 5.10. The number of methoxy groups -OCH3 is 1. The summed E-state index contributed by atoms with van der Waals surface area (Å²) in [4.78, 5) is 28.7. The summed E-state index contributed by atoms with van der Waals surface area (Å²) in [6.07, 6.45) is 5.37. The number of hydrogen-bond acceptors (Lipinski definition) is 5. The average molecular weight is 429 g/mol. The van der Waals surface area contributed by atoms with Crippen LogP contribution in [-0.2, 0) is 13.1 Å². The molecule has 0 spiro atoms. The SMILES string of the molecule is COc1ccc(-c2ccc(=O)n(CCNC(=O)c3ccc(Cn4ccnc4)cc3)n2)cc1. The third-order valence-electron chi connectivity index (χ3n) is 5.00. The first-order chi connectivity index (χ1) is 15.6. The molecule has 0 aliphatic rings. The van der Waals surface area contributed by atoms with E-state index in [4.69, 9.17) is 4.74 Å². The minimum atomic E-state index is -0.222. The van der Waals surface area contributed by atoms with Crippen LogP contribution in [0.15, 0.2) is 84.2 Å². The molecule has 0 saturated heterocycles. The molecule has 0 saturated carbocycles. The van der Waals surface area contributed by atoms with E-state index >= 15 is 0 Å². The minimum Gasteiger partial charge on any atom is -0.497 e. The normalized spacial score (nSPS) is 10.7. The highest BCUT2D eigenvalue weighted by Gasteiger charge is 2.07. The molecule has 1 N–H and O–H groups in total. The molecular formula is C24H23N5O3. The van der Waals surface area contributed by atoms with E-state index in [0.29, 0.717) is 17.8 Å². The van der Waals surface area contributed by atoms with Gasteiger partial charge in [0.2, 0.25) is 0 Å². The van der Waals surface area contributed by atoms with Crippen molar-refractivity contribution in [2.75, 3.05) is 13.7 Å². The first-order valence-electron chi connectivity index (χ1n) is 10.2. The Labute approximate surface area is 185 Å². The lowest BCUT2D eigenvalue weighted by Crippen LogP contribution is -2.31. The van der Waals surface area contributed by atoms with Gasteiger partial charge in [-0.05, 0) is 48.0 Å². The molecule has 8 heteroatoms. The zero-order valence-electron chi connectivity index (χ0n) is 17.6. The van der Waals surface area contributed by atoms with Crippen molar-refractivity contribution in [2.45, 2.75) is 13.1 Å². The second kappa shape index (κ2) is 9.74. The molecule has 2 aromatic carbocycles. The smallest absolute Gasteiger partial charge is 0.266 e. The summed E-state index contributed by atoms with van der Waals surface area (Å²) in [6.45, 7) is 1.25. The van der Waals surface area contributed by atoms with Crippen molar-refractivity contribution in [1.29, 1.82) is 0 Å². The Morgan fingerprint density at radius 3 is 2.50 bits per heavy atom. The zero-order chi connectivity index (χ0) is 22.3. The number of ether oxygens (including phenoxy) is 1. The summed E-state index contributed by atoms with van der Waals surface area (Å²) in [7, 11) is 1.61. The number of imidazole rings is 1. The van der Waals surface area contributed by atoms with Crippen LogP contribution in [0.1, 0.15) is 15.9 Å². The van der Waals surface area contributed by atoms with E-state index < -0.39 is 0 Å². The van der Waals surface area contributed by atoms with Crippen molar-refractivity contribution in [3.05, 3.63) is 101 Å². The molecule has 0 atom stereocenters. The van der Waals surface area contributed by atoms with Gasteiger partial charge in [-0.25, -0.2) is 9.67 Å². The number of aromatic nitrogens is 4. The number of nitrogens with zero attached hydrogens (tertiary/aromatic N) is 4. The first-order valence-corrected chi connectivity index (χ1v) is 10.2. The molecule has 0 fully saturated rings. The number of rotatable bonds is 8. The van der Waals surface area contributed by atoms with Crippen LogP contribution < -0.4 is 15.6 Å². The van der Waals surface area contributed by atoms with Crippen molar-refractivity contribution in [2.24, 2.45) is 0 Å². The third-order valence-corrected chi connectivity index (χ3v) is 5.00. The summed E-state index contributed by atoms with van der Waals surface area (Å²) in [6, 6.07) is 18.0. The number of benzene rings is 2. The molecule has 0 aliphatic heterocycles. The number of hydrogen-bond donors (Lipinski definition) is 1. The van der Waals surface area contributed by atoms with Crippen LogP contribution in [0.4, 0.5) is 0 Å². The van der Waals surface area contributed by atoms with E-state index in [0.717, 1.165) is 16.9 Å². The van der Waals surface area contributed by atoms with Crippen LogP contribution in [0.2, 0.25) is 0 Å². The molecule has 0 radical (unpaired) electrons. The van der Waals surface area contributed by atoms with Gasteiger partial charge in [0.1, 0.15) is 5.75 Å². The van der Waals surface area contributed by atoms with Crippen molar-refractivity contribution < 1.29 is 9.53 Å². The maximum atomic E-state index is 12.5. The van der Waals surface area contributed by atoms with E-state index in [1.807, 2.05) is 47.2 Å². The lowest BCUT2D eigenvalue weighted by Gasteiger charge is -2.09. The predicted molar refractivity (Wildman–Crippen MR) is 121 cm³/mol. The van der Waals surface area contributed by atoms with Gasteiger partial charge in [-0.15, -0.1) is 0 Å². The Kier molecular flexibility index (Phi) is 6.41. The van der Waals surface area contributed by atoms with Gasteiger partial charge in [0.05, 0.1) is 25.7 Å². The summed E-state index contributed by atoms with van der Waals surface area (Å²) in [5.41, 5.74) is 2.96. The van der Waals surface area contributed by atoms with Crippen LogP contribution in [-0.4, -0.2) is 38.9 Å². The van der Waals surface area contributed by atoms with Crippen LogP contribution in [0.25, 0.3) is 11.3 Å². The number of amides is 1. The fourth-order valence-corrected chi connectivity index (χ4v) is 3.25. The van der Waals surface area contributed by atoms with Crippen LogP contribution >= 0.6 is 0 Å². The highest BCUT2D eigenvalue weighted by molar-refractivity contribution is 5.94. The Balaban J connectivity index is 1.35. The van der Waals surface area contributed by atoms with Crippen molar-refractivity contribution in [3.8, 4) is 17.0 Å². The van der Waals surface area contributed by atoms with Gasteiger partial charge in [0.15, 0.2) is 0 Å². The Bertz CT molecular complexity index is 1230. The largest absolute Gasteiger partial charge is 0.497 e. The van der Waals surface area contributed by atoms with E-state index in [9.17, 15) is 9.59 Å². The van der Waals surface area contributed by atoms with Crippen LogP contribution in [0, 0.1) is 0 Å². The van der Waals surface area contributed by atoms with Gasteiger partial charge in [0.25, 0.3) is 11.5 Å². The lowest BCUT2D eigenvalue weighted by molar-refractivity contribution is 0.0951. The number of carbonyl (C=O) groups excluding carboxylic acids is 1. The second-order valence-corrected chi connectivity index (χ2v) is 7.20. The second-order valence-electron chi connectivity index (χ2n) is 7.20. The molecular weight excluding hydrogens is 406 g/mol. The van der Waals surface area contributed by atoms with Gasteiger partial charge in [0, 0.05) is 42.7 Å². The molecule has 4 rings (SSSR count). The predicted octanol–water partition coefficient (Wildman–Crippen LogP) is 2.59. The van der Waals surface area contributed by atoms with E-state index in [1.165, 1.54) is 10.7 Å². The fourth-order valence-electron chi connectivity index (χ4n) is 3.25. The van der Waals surface area contributed by atoms with Crippen molar-refractivity contribution >= 4 is 5.91 Å². The van der Waals surface area contributed by atoms with E-state index in [-0.39, 0.29) is 24.6 Å². The average Bonchev–Trinajstić information content (AvgIpc) is 3.34. The molecule has 1 amide bonds. The Morgan fingerprint density at radius 2 is 1.81 bits per heavy atom. The highest BCUT2D eigenvalue weighted by Crippen LogP contribution is 2.19. The maximum absolute atomic E-state index is 12.5. The standard InChI is InChI=1S/C24H23N5O3/c1-32-21-8-6-19(7-9-21)22-10-11-23(30)29(27-22)15-13-26-24(31)20-4-2-18(3-5-20)16-28-14-12-25-17-28/h2-12,14,17H,13,15-16H2,1H3,(H,26,31). The molecule has 4 aromatic rings. The first kappa shape index (κ1) is 21.0. The number of carbonyl (C=O) groups is 1. The van der Waals surface area contributed by atoms with Gasteiger partial charge in [-0.2, -0.15) is 5.10 Å². The summed E-state index contributed by atoms with van der Waals surface area (Å²) in [5.74, 6) is 0.554. The molecule has 0 unspecified atom stereocenters. The minimum absolute atomic E-state index is 0.196. The molecule has 0 bridgehead atoms. The monoisotopic (exact) mass is 429 g/mol. The number of nitrogens with one attached hydrogen (secondary N) is 1.